The van der Waals surface area contributed by atoms with Crippen molar-refractivity contribution in [1.82, 2.24) is 4.90 Å². The Hall–Kier alpha value is -2.73. The van der Waals surface area contributed by atoms with Crippen LogP contribution in [0.1, 0.15) is 35.2 Å². The molecule has 0 saturated carbocycles. The molecule has 0 aromatic heterocycles. The Labute approximate surface area is 165 Å². The highest BCUT2D eigenvalue weighted by Gasteiger charge is 2.32. The fourth-order valence-corrected chi connectivity index (χ4v) is 4.28. The van der Waals surface area contributed by atoms with E-state index in [2.05, 4.69) is 34.5 Å². The summed E-state index contributed by atoms with van der Waals surface area (Å²) in [5.41, 5.74) is 6.02. The highest BCUT2D eigenvalue weighted by atomic mass is 16.5. The van der Waals surface area contributed by atoms with Crippen LogP contribution in [0.3, 0.4) is 0 Å². The smallest absolute Gasteiger partial charge is 0.411 e. The molecule has 0 fully saturated rings. The van der Waals surface area contributed by atoms with E-state index in [4.69, 9.17) is 14.2 Å². The van der Waals surface area contributed by atoms with E-state index in [1.54, 1.807) is 21.1 Å². The Balaban J connectivity index is 1.61. The van der Waals surface area contributed by atoms with E-state index in [0.29, 0.717) is 12.6 Å². The lowest BCUT2D eigenvalue weighted by molar-refractivity contribution is 0.160. The van der Waals surface area contributed by atoms with Crippen molar-refractivity contribution in [3.8, 4) is 11.5 Å². The van der Waals surface area contributed by atoms with Gasteiger partial charge < -0.3 is 14.2 Å². The molecule has 0 aliphatic carbocycles. The van der Waals surface area contributed by atoms with Gasteiger partial charge in [-0.25, -0.2) is 4.79 Å². The summed E-state index contributed by atoms with van der Waals surface area (Å²) in [6.07, 6.45) is 1.49. The van der Waals surface area contributed by atoms with Crippen molar-refractivity contribution in [2.45, 2.75) is 32.4 Å². The van der Waals surface area contributed by atoms with Crippen molar-refractivity contribution in [1.29, 1.82) is 0 Å². The van der Waals surface area contributed by atoms with E-state index < -0.39 is 6.09 Å². The molecule has 0 unspecified atom stereocenters. The third-order valence-electron chi connectivity index (χ3n) is 5.63. The number of methoxy groups -OCH3 is 2. The molecule has 4 rings (SSSR count). The number of ether oxygens (including phenoxy) is 3. The maximum absolute atomic E-state index is 11.7. The average molecular weight is 382 g/mol. The lowest BCUT2D eigenvalue weighted by Gasteiger charge is -2.41. The first-order valence-corrected chi connectivity index (χ1v) is 9.67. The number of carbonyl (C=O) groups excluding carboxylic acids is 1. The van der Waals surface area contributed by atoms with Crippen molar-refractivity contribution in [3.05, 3.63) is 52.6 Å². The van der Waals surface area contributed by atoms with Crippen LogP contribution in [-0.4, -0.2) is 38.4 Å². The SMILES string of the molecule is CCOC(=O)Nc1ccc2c(c1)CCN1Cc3cc(OC)c(OC)cc3C[C@@H]21. The molecule has 28 heavy (non-hydrogen) atoms. The zero-order chi connectivity index (χ0) is 19.7. The van der Waals surface area contributed by atoms with Gasteiger partial charge in [-0.15, -0.1) is 0 Å². The molecule has 2 aromatic carbocycles. The first kappa shape index (κ1) is 18.6. The molecule has 0 spiro atoms. The van der Waals surface area contributed by atoms with E-state index in [9.17, 15) is 4.79 Å². The number of carbonyl (C=O) groups is 1. The topological polar surface area (TPSA) is 60.0 Å². The van der Waals surface area contributed by atoms with E-state index in [-0.39, 0.29) is 0 Å². The lowest BCUT2D eigenvalue weighted by atomic mass is 9.84. The number of amides is 1. The average Bonchev–Trinajstić information content (AvgIpc) is 2.71. The van der Waals surface area contributed by atoms with Crippen LogP contribution in [-0.2, 0) is 24.1 Å². The van der Waals surface area contributed by atoms with Crippen LogP contribution < -0.4 is 14.8 Å². The summed E-state index contributed by atoms with van der Waals surface area (Å²) in [7, 11) is 3.35. The third kappa shape index (κ3) is 3.40. The Kier molecular flexibility index (Phi) is 5.13. The molecule has 0 bridgehead atoms. The van der Waals surface area contributed by atoms with Gasteiger partial charge in [-0.2, -0.15) is 0 Å². The van der Waals surface area contributed by atoms with E-state index in [0.717, 1.165) is 43.1 Å². The van der Waals surface area contributed by atoms with Gasteiger partial charge in [-0.05, 0) is 66.3 Å². The van der Waals surface area contributed by atoms with Crippen molar-refractivity contribution >= 4 is 11.8 Å². The predicted octanol–water partition coefficient (Wildman–Crippen LogP) is 3.93. The van der Waals surface area contributed by atoms with Crippen LogP contribution in [0, 0.1) is 0 Å². The molecule has 0 radical (unpaired) electrons. The van der Waals surface area contributed by atoms with Crippen LogP contribution in [0.4, 0.5) is 10.5 Å². The second kappa shape index (κ2) is 7.72. The maximum Gasteiger partial charge on any atom is 0.411 e. The van der Waals surface area contributed by atoms with E-state index in [1.807, 2.05) is 6.07 Å². The largest absolute Gasteiger partial charge is 0.493 e. The molecule has 2 heterocycles. The van der Waals surface area contributed by atoms with Crippen LogP contribution in [0.25, 0.3) is 0 Å². The normalized spacial score (nSPS) is 17.8. The second-order valence-corrected chi connectivity index (χ2v) is 7.18. The van der Waals surface area contributed by atoms with Crippen molar-refractivity contribution in [3.63, 3.8) is 0 Å². The van der Waals surface area contributed by atoms with Crippen LogP contribution in [0.15, 0.2) is 30.3 Å². The van der Waals surface area contributed by atoms with Crippen LogP contribution >= 0.6 is 0 Å². The van der Waals surface area contributed by atoms with Gasteiger partial charge in [0.1, 0.15) is 0 Å². The Morgan fingerprint density at radius 2 is 1.86 bits per heavy atom. The standard InChI is InChI=1S/C22H26N2O4/c1-4-28-22(25)23-17-5-6-18-14(9-17)7-8-24-13-16-12-21(27-3)20(26-2)11-15(16)10-19(18)24/h5-6,9,11-12,19H,4,7-8,10,13H2,1-3H3,(H,23,25)/t19-/m0/s1. The van der Waals surface area contributed by atoms with Crippen molar-refractivity contribution in [2.24, 2.45) is 0 Å². The molecule has 2 aliphatic heterocycles. The summed E-state index contributed by atoms with van der Waals surface area (Å²) in [4.78, 5) is 14.2. The fraction of sp³-hybridized carbons (Fsp3) is 0.409. The summed E-state index contributed by atoms with van der Waals surface area (Å²) in [6.45, 7) is 4.06. The molecule has 6 nitrogen and oxygen atoms in total. The number of hydrogen-bond donors (Lipinski definition) is 1. The molecule has 0 saturated heterocycles. The van der Waals surface area contributed by atoms with Gasteiger partial charge in [0.2, 0.25) is 0 Å². The van der Waals surface area contributed by atoms with Crippen LogP contribution in [0.2, 0.25) is 0 Å². The first-order valence-electron chi connectivity index (χ1n) is 9.67. The van der Waals surface area contributed by atoms with E-state index >= 15 is 0 Å². The number of rotatable bonds is 4. The zero-order valence-corrected chi connectivity index (χ0v) is 16.6. The molecular formula is C22H26N2O4. The second-order valence-electron chi connectivity index (χ2n) is 7.18. The van der Waals surface area contributed by atoms with Gasteiger partial charge in [0.25, 0.3) is 0 Å². The summed E-state index contributed by atoms with van der Waals surface area (Å²) >= 11 is 0. The van der Waals surface area contributed by atoms with Gasteiger partial charge in [0, 0.05) is 24.8 Å². The molecule has 2 aromatic rings. The highest BCUT2D eigenvalue weighted by molar-refractivity contribution is 5.84. The van der Waals surface area contributed by atoms with Gasteiger partial charge in [-0.1, -0.05) is 6.07 Å². The molecule has 1 atom stereocenters. The number of nitrogens with zero attached hydrogens (tertiary/aromatic N) is 1. The monoisotopic (exact) mass is 382 g/mol. The molecule has 148 valence electrons. The maximum atomic E-state index is 11.7. The van der Waals surface area contributed by atoms with Crippen molar-refractivity contribution in [2.75, 3.05) is 32.7 Å². The molecule has 1 amide bonds. The predicted molar refractivity (Wildman–Crippen MR) is 107 cm³/mol. The van der Waals surface area contributed by atoms with Gasteiger partial charge >= 0.3 is 6.09 Å². The number of benzene rings is 2. The summed E-state index contributed by atoms with van der Waals surface area (Å²) in [6, 6.07) is 10.7. The summed E-state index contributed by atoms with van der Waals surface area (Å²) < 4.78 is 15.9. The minimum atomic E-state index is -0.410. The molecule has 1 N–H and O–H groups in total. The quantitative estimate of drug-likeness (QED) is 0.868. The molecular weight excluding hydrogens is 356 g/mol. The fourth-order valence-electron chi connectivity index (χ4n) is 4.28. The first-order chi connectivity index (χ1) is 13.6. The number of anilines is 1. The number of hydrogen-bond acceptors (Lipinski definition) is 5. The summed E-state index contributed by atoms with van der Waals surface area (Å²) in [5, 5.41) is 2.80. The number of fused-ring (bicyclic) bond motifs is 4. The summed E-state index contributed by atoms with van der Waals surface area (Å²) in [5.74, 6) is 1.56. The minimum absolute atomic E-state index is 0.339. The highest BCUT2D eigenvalue weighted by Crippen LogP contribution is 2.42. The van der Waals surface area contributed by atoms with E-state index in [1.165, 1.54) is 22.3 Å². The third-order valence-corrected chi connectivity index (χ3v) is 5.63. The van der Waals surface area contributed by atoms with Crippen molar-refractivity contribution < 1.29 is 19.0 Å². The van der Waals surface area contributed by atoms with Gasteiger partial charge in [-0.3, -0.25) is 10.2 Å². The lowest BCUT2D eigenvalue weighted by Crippen LogP contribution is -2.39. The molecule has 2 aliphatic rings. The Morgan fingerprint density at radius 3 is 2.57 bits per heavy atom. The number of nitrogens with one attached hydrogen (secondary N) is 1. The zero-order valence-electron chi connectivity index (χ0n) is 16.6. The van der Waals surface area contributed by atoms with Gasteiger partial charge in [0.05, 0.1) is 20.8 Å². The Morgan fingerprint density at radius 1 is 1.11 bits per heavy atom. The van der Waals surface area contributed by atoms with Gasteiger partial charge in [0.15, 0.2) is 11.5 Å². The molecule has 6 heteroatoms. The minimum Gasteiger partial charge on any atom is -0.493 e. The van der Waals surface area contributed by atoms with Crippen LogP contribution in [0.5, 0.6) is 11.5 Å². The Bertz CT molecular complexity index is 896.